The number of nitrogens with zero attached hydrogens (tertiary/aromatic N) is 4. The normalized spacial score (nSPS) is 14.2. The minimum Gasteiger partial charge on any atom is -0.383 e. The predicted octanol–water partition coefficient (Wildman–Crippen LogP) is 3.82. The highest BCUT2D eigenvalue weighted by Gasteiger charge is 2.24. The number of piperazine rings is 1. The number of rotatable bonds is 3. The number of hydrogen-bond donors (Lipinski definition) is 2. The second kappa shape index (κ2) is 7.92. The fourth-order valence-electron chi connectivity index (χ4n) is 3.85. The van der Waals surface area contributed by atoms with Crippen molar-refractivity contribution in [1.29, 1.82) is 0 Å². The van der Waals surface area contributed by atoms with Crippen molar-refractivity contribution in [2.24, 2.45) is 0 Å². The van der Waals surface area contributed by atoms with Gasteiger partial charge in [-0.25, -0.2) is 9.97 Å². The lowest BCUT2D eigenvalue weighted by molar-refractivity contribution is 0.0742. The molecule has 2 aromatic carbocycles. The number of nitrogens with two attached hydrogens (primary N) is 1. The molecular weight excluding hydrogens is 412 g/mol. The molecule has 3 N–H and O–H groups in total. The number of fused-ring (bicyclic) bond motifs is 1. The van der Waals surface area contributed by atoms with Gasteiger partial charge in [0.15, 0.2) is 5.82 Å². The van der Waals surface area contributed by atoms with Crippen LogP contribution in [0.4, 0.5) is 11.5 Å². The summed E-state index contributed by atoms with van der Waals surface area (Å²) in [5.41, 5.74) is 9.19. The number of benzene rings is 2. The van der Waals surface area contributed by atoms with Gasteiger partial charge in [-0.3, -0.25) is 4.79 Å². The van der Waals surface area contributed by atoms with Gasteiger partial charge >= 0.3 is 0 Å². The SMILES string of the molecule is Nc1nc(-c2ccccc2)nc2[nH]c(C(=O)N3CCN(c4ccc(Cl)cc4)CC3)cc12. The van der Waals surface area contributed by atoms with E-state index in [0.29, 0.717) is 46.5 Å². The van der Waals surface area contributed by atoms with Crippen LogP contribution in [0.2, 0.25) is 5.02 Å². The van der Waals surface area contributed by atoms with E-state index in [-0.39, 0.29) is 5.91 Å². The molecule has 156 valence electrons. The Bertz CT molecular complexity index is 1230. The summed E-state index contributed by atoms with van der Waals surface area (Å²) in [5.74, 6) is 0.823. The van der Waals surface area contributed by atoms with Crippen LogP contribution in [0, 0.1) is 0 Å². The van der Waals surface area contributed by atoms with E-state index in [2.05, 4.69) is 19.9 Å². The van der Waals surface area contributed by atoms with E-state index in [4.69, 9.17) is 17.3 Å². The molecule has 5 rings (SSSR count). The molecule has 1 aliphatic heterocycles. The van der Waals surface area contributed by atoms with E-state index in [9.17, 15) is 4.79 Å². The fourth-order valence-corrected chi connectivity index (χ4v) is 3.98. The van der Waals surface area contributed by atoms with Crippen LogP contribution in [-0.2, 0) is 0 Å². The summed E-state index contributed by atoms with van der Waals surface area (Å²) in [6.07, 6.45) is 0. The lowest BCUT2D eigenvalue weighted by atomic mass is 10.2. The average molecular weight is 433 g/mol. The van der Waals surface area contributed by atoms with Crippen molar-refractivity contribution in [3.8, 4) is 11.4 Å². The number of nitrogen functional groups attached to an aromatic ring is 1. The highest BCUT2D eigenvalue weighted by molar-refractivity contribution is 6.30. The Labute approximate surface area is 184 Å². The van der Waals surface area contributed by atoms with E-state index < -0.39 is 0 Å². The van der Waals surface area contributed by atoms with Crippen molar-refractivity contribution in [2.45, 2.75) is 0 Å². The smallest absolute Gasteiger partial charge is 0.270 e. The van der Waals surface area contributed by atoms with Gasteiger partial charge in [-0.05, 0) is 30.3 Å². The zero-order valence-electron chi connectivity index (χ0n) is 16.8. The number of H-pyrrole nitrogens is 1. The molecule has 1 fully saturated rings. The van der Waals surface area contributed by atoms with Gasteiger partial charge in [0.2, 0.25) is 0 Å². The highest BCUT2D eigenvalue weighted by atomic mass is 35.5. The number of carbonyl (C=O) groups excluding carboxylic acids is 1. The first kappa shape index (κ1) is 19.4. The molecule has 1 saturated heterocycles. The van der Waals surface area contributed by atoms with Crippen LogP contribution in [0.1, 0.15) is 10.5 Å². The predicted molar refractivity (Wildman–Crippen MR) is 123 cm³/mol. The van der Waals surface area contributed by atoms with Crippen LogP contribution < -0.4 is 10.6 Å². The number of nitrogens with one attached hydrogen (secondary N) is 1. The fraction of sp³-hybridized carbons (Fsp3) is 0.174. The zero-order valence-corrected chi connectivity index (χ0v) is 17.5. The molecule has 2 aromatic heterocycles. The van der Waals surface area contributed by atoms with Crippen LogP contribution in [0.25, 0.3) is 22.4 Å². The molecule has 4 aromatic rings. The Kier molecular flexibility index (Phi) is 4.95. The molecule has 3 heterocycles. The van der Waals surface area contributed by atoms with E-state index in [1.807, 2.05) is 59.5 Å². The lowest BCUT2D eigenvalue weighted by Gasteiger charge is -2.36. The van der Waals surface area contributed by atoms with Gasteiger partial charge in [0.1, 0.15) is 17.2 Å². The van der Waals surface area contributed by atoms with Crippen molar-refractivity contribution >= 4 is 40.0 Å². The average Bonchev–Trinajstić information content (AvgIpc) is 3.25. The molecule has 0 saturated carbocycles. The van der Waals surface area contributed by atoms with E-state index in [1.54, 1.807) is 6.07 Å². The topological polar surface area (TPSA) is 91.1 Å². The number of carbonyl (C=O) groups is 1. The lowest BCUT2D eigenvalue weighted by Crippen LogP contribution is -2.48. The Morgan fingerprint density at radius 1 is 0.968 bits per heavy atom. The largest absolute Gasteiger partial charge is 0.383 e. The van der Waals surface area contributed by atoms with Gasteiger partial charge in [-0.15, -0.1) is 0 Å². The quantitative estimate of drug-likeness (QED) is 0.513. The summed E-state index contributed by atoms with van der Waals surface area (Å²) < 4.78 is 0. The first-order valence-electron chi connectivity index (χ1n) is 10.1. The first-order chi connectivity index (χ1) is 15.1. The molecule has 1 aliphatic rings. The minimum absolute atomic E-state index is 0.0607. The van der Waals surface area contributed by atoms with E-state index in [1.165, 1.54) is 0 Å². The maximum Gasteiger partial charge on any atom is 0.270 e. The molecule has 0 unspecified atom stereocenters. The second-order valence-corrected chi connectivity index (χ2v) is 7.94. The molecule has 0 radical (unpaired) electrons. The molecule has 7 nitrogen and oxygen atoms in total. The standard InChI is InChI=1S/C23H21ClN6O/c24-16-6-8-17(9-7-16)29-10-12-30(13-11-29)23(31)19-14-18-20(25)27-21(28-22(18)26-19)15-4-2-1-3-5-15/h1-9,14H,10-13H2,(H3,25,26,27,28). The second-order valence-electron chi connectivity index (χ2n) is 7.50. The number of amides is 1. The Balaban J connectivity index is 1.34. The van der Waals surface area contributed by atoms with Crippen LogP contribution in [-0.4, -0.2) is 51.9 Å². The summed E-state index contributed by atoms with van der Waals surface area (Å²) in [7, 11) is 0. The van der Waals surface area contributed by atoms with Crippen molar-refractivity contribution < 1.29 is 4.79 Å². The third-order valence-electron chi connectivity index (χ3n) is 5.54. The van der Waals surface area contributed by atoms with Gasteiger partial charge in [0.05, 0.1) is 5.39 Å². The van der Waals surface area contributed by atoms with Crippen molar-refractivity contribution in [2.75, 3.05) is 36.8 Å². The maximum atomic E-state index is 13.1. The monoisotopic (exact) mass is 432 g/mol. The first-order valence-corrected chi connectivity index (χ1v) is 10.5. The minimum atomic E-state index is -0.0607. The summed E-state index contributed by atoms with van der Waals surface area (Å²) in [6.45, 7) is 2.78. The molecular formula is C23H21ClN6O. The third-order valence-corrected chi connectivity index (χ3v) is 5.79. The van der Waals surface area contributed by atoms with Gasteiger partial charge in [-0.2, -0.15) is 0 Å². The molecule has 8 heteroatoms. The summed E-state index contributed by atoms with van der Waals surface area (Å²) in [4.78, 5) is 29.3. The summed E-state index contributed by atoms with van der Waals surface area (Å²) in [5, 5.41) is 1.37. The van der Waals surface area contributed by atoms with E-state index >= 15 is 0 Å². The van der Waals surface area contributed by atoms with Gasteiger partial charge < -0.3 is 20.5 Å². The molecule has 1 amide bonds. The number of aromatic nitrogens is 3. The Hall–Kier alpha value is -3.58. The molecule has 0 aliphatic carbocycles. The van der Waals surface area contributed by atoms with Gasteiger partial charge in [-0.1, -0.05) is 41.9 Å². The number of hydrogen-bond acceptors (Lipinski definition) is 5. The van der Waals surface area contributed by atoms with Crippen molar-refractivity contribution in [3.63, 3.8) is 0 Å². The Morgan fingerprint density at radius 2 is 1.68 bits per heavy atom. The van der Waals surface area contributed by atoms with Crippen molar-refractivity contribution in [3.05, 3.63) is 71.4 Å². The Morgan fingerprint density at radius 3 is 2.39 bits per heavy atom. The van der Waals surface area contributed by atoms with E-state index in [0.717, 1.165) is 24.3 Å². The highest BCUT2D eigenvalue weighted by Crippen LogP contribution is 2.25. The molecule has 31 heavy (non-hydrogen) atoms. The van der Waals surface area contributed by atoms with Gasteiger partial charge in [0.25, 0.3) is 5.91 Å². The number of halogens is 1. The maximum absolute atomic E-state index is 13.1. The molecule has 0 atom stereocenters. The van der Waals surface area contributed by atoms with Crippen LogP contribution in [0.3, 0.4) is 0 Å². The summed E-state index contributed by atoms with van der Waals surface area (Å²) >= 11 is 5.98. The van der Waals surface area contributed by atoms with Crippen LogP contribution in [0.15, 0.2) is 60.7 Å². The molecule has 0 spiro atoms. The third kappa shape index (κ3) is 3.80. The van der Waals surface area contributed by atoms with Crippen LogP contribution in [0.5, 0.6) is 0 Å². The number of aromatic amines is 1. The number of anilines is 2. The summed E-state index contributed by atoms with van der Waals surface area (Å²) in [6, 6.07) is 19.1. The van der Waals surface area contributed by atoms with Gasteiger partial charge in [0, 0.05) is 42.5 Å². The van der Waals surface area contributed by atoms with Crippen molar-refractivity contribution in [1.82, 2.24) is 19.9 Å². The zero-order chi connectivity index (χ0) is 21.4. The molecule has 0 bridgehead atoms. The van der Waals surface area contributed by atoms with Crippen LogP contribution >= 0.6 is 11.6 Å².